The summed E-state index contributed by atoms with van der Waals surface area (Å²) in [7, 11) is 3.33. The van der Waals surface area contributed by atoms with Crippen LogP contribution in [-0.2, 0) is 18.2 Å². The van der Waals surface area contributed by atoms with Crippen molar-refractivity contribution in [2.75, 3.05) is 7.11 Å². The molecule has 19 heavy (non-hydrogen) atoms. The Morgan fingerprint density at radius 3 is 2.63 bits per heavy atom. The van der Waals surface area contributed by atoms with Gasteiger partial charge in [0.05, 0.1) is 23.8 Å². The summed E-state index contributed by atoms with van der Waals surface area (Å²) in [6.07, 6.45) is 0.695. The number of esters is 1. The van der Waals surface area contributed by atoms with Crippen LogP contribution in [-0.4, -0.2) is 27.3 Å². The van der Waals surface area contributed by atoms with Crippen molar-refractivity contribution in [3.63, 3.8) is 0 Å². The summed E-state index contributed by atoms with van der Waals surface area (Å²) in [5.41, 5.74) is 4.14. The maximum absolute atomic E-state index is 12.0. The van der Waals surface area contributed by atoms with Crippen molar-refractivity contribution in [3.05, 3.63) is 35.5 Å². The first-order valence-electron chi connectivity index (χ1n) is 6.22. The lowest BCUT2D eigenvalue weighted by molar-refractivity contribution is 0.0601. The number of methoxy groups -OCH3 is 1. The first-order chi connectivity index (χ1) is 9.19. The van der Waals surface area contributed by atoms with Crippen LogP contribution in [0.1, 0.15) is 23.0 Å². The van der Waals surface area contributed by atoms with E-state index in [1.807, 2.05) is 47.3 Å². The maximum Gasteiger partial charge on any atom is 0.343 e. The Kier molecular flexibility index (Phi) is 2.55. The van der Waals surface area contributed by atoms with Crippen LogP contribution in [0.4, 0.5) is 0 Å². The van der Waals surface area contributed by atoms with E-state index in [1.165, 1.54) is 7.11 Å². The zero-order valence-corrected chi connectivity index (χ0v) is 11.2. The summed E-state index contributed by atoms with van der Waals surface area (Å²) >= 11 is 0. The summed E-state index contributed by atoms with van der Waals surface area (Å²) in [4.78, 5) is 12.0. The fourth-order valence-electron chi connectivity index (χ4n) is 2.53. The highest BCUT2D eigenvalue weighted by molar-refractivity contribution is 6.00. The van der Waals surface area contributed by atoms with Gasteiger partial charge in [0.25, 0.3) is 0 Å². The lowest BCUT2D eigenvalue weighted by Crippen LogP contribution is -2.05. The number of fused-ring (bicyclic) bond motifs is 3. The molecule has 2 heterocycles. The Morgan fingerprint density at radius 1 is 1.32 bits per heavy atom. The van der Waals surface area contributed by atoms with E-state index >= 15 is 0 Å². The molecule has 0 fully saturated rings. The average molecular weight is 257 g/mol. The van der Waals surface area contributed by atoms with Gasteiger partial charge in [-0.05, 0) is 18.6 Å². The van der Waals surface area contributed by atoms with E-state index in [2.05, 4.69) is 5.10 Å². The van der Waals surface area contributed by atoms with Crippen molar-refractivity contribution < 1.29 is 9.53 Å². The Labute approximate surface area is 110 Å². The number of carbonyl (C=O) groups excluding carboxylic acids is 1. The molecule has 5 heteroatoms. The largest absolute Gasteiger partial charge is 0.465 e. The van der Waals surface area contributed by atoms with E-state index in [0.29, 0.717) is 12.0 Å². The zero-order chi connectivity index (χ0) is 13.6. The molecule has 1 aromatic carbocycles. The van der Waals surface area contributed by atoms with Gasteiger partial charge < -0.3 is 9.30 Å². The number of nitrogens with zero attached hydrogens (tertiary/aromatic N) is 3. The third kappa shape index (κ3) is 1.47. The van der Waals surface area contributed by atoms with Gasteiger partial charge in [-0.15, -0.1) is 0 Å². The molecule has 0 radical (unpaired) electrons. The summed E-state index contributed by atoms with van der Waals surface area (Å²) in [6.45, 7) is 1.98. The molecular formula is C14H15N3O2. The van der Waals surface area contributed by atoms with Crippen molar-refractivity contribution in [2.45, 2.75) is 13.3 Å². The van der Waals surface area contributed by atoms with E-state index < -0.39 is 0 Å². The quantitative estimate of drug-likeness (QED) is 0.661. The van der Waals surface area contributed by atoms with Crippen molar-refractivity contribution in [1.29, 1.82) is 0 Å². The predicted octanol–water partition coefficient (Wildman–Crippen LogP) is 2.17. The number of carbonyl (C=O) groups is 1. The van der Waals surface area contributed by atoms with Gasteiger partial charge in [-0.1, -0.05) is 19.1 Å². The zero-order valence-electron chi connectivity index (χ0n) is 11.2. The average Bonchev–Trinajstić information content (AvgIpc) is 2.95. The van der Waals surface area contributed by atoms with Crippen molar-refractivity contribution in [2.24, 2.45) is 7.05 Å². The van der Waals surface area contributed by atoms with Gasteiger partial charge in [0.2, 0.25) is 0 Å². The first-order valence-corrected chi connectivity index (χ1v) is 6.22. The minimum Gasteiger partial charge on any atom is -0.465 e. The van der Waals surface area contributed by atoms with Crippen LogP contribution in [0.2, 0.25) is 0 Å². The molecule has 0 spiro atoms. The lowest BCUT2D eigenvalue weighted by atomic mass is 10.2. The maximum atomic E-state index is 12.0. The Balaban J connectivity index is 2.49. The molecule has 98 valence electrons. The van der Waals surface area contributed by atoms with Crippen LogP contribution in [0, 0.1) is 0 Å². The molecule has 2 aromatic heterocycles. The van der Waals surface area contributed by atoms with Crippen molar-refractivity contribution in [3.8, 4) is 0 Å². The van der Waals surface area contributed by atoms with Crippen LogP contribution in [0.25, 0.3) is 16.7 Å². The number of para-hydroxylation sites is 2. The SMILES string of the molecule is CCc1nn2c3ccccc3n(C)c2c1C(=O)OC. The van der Waals surface area contributed by atoms with Gasteiger partial charge >= 0.3 is 5.97 Å². The lowest BCUT2D eigenvalue weighted by Gasteiger charge is -2.01. The van der Waals surface area contributed by atoms with E-state index in [-0.39, 0.29) is 5.97 Å². The highest BCUT2D eigenvalue weighted by Crippen LogP contribution is 2.25. The molecule has 0 N–H and O–H groups in total. The molecule has 5 nitrogen and oxygen atoms in total. The van der Waals surface area contributed by atoms with E-state index in [1.54, 1.807) is 0 Å². The first kappa shape index (κ1) is 11.8. The topological polar surface area (TPSA) is 48.5 Å². The number of ether oxygens (including phenoxy) is 1. The monoisotopic (exact) mass is 257 g/mol. The molecule has 0 saturated heterocycles. The molecule has 0 saturated carbocycles. The fourth-order valence-corrected chi connectivity index (χ4v) is 2.53. The standard InChI is InChI=1S/C14H15N3O2/c1-4-9-12(14(18)19-3)13-16(2)10-7-5-6-8-11(10)17(13)15-9/h5-8H,4H2,1-3H3. The molecule has 3 aromatic rings. The molecular weight excluding hydrogens is 242 g/mol. The summed E-state index contributed by atoms with van der Waals surface area (Å²) in [5.74, 6) is -0.335. The highest BCUT2D eigenvalue weighted by atomic mass is 16.5. The van der Waals surface area contributed by atoms with Crippen molar-refractivity contribution in [1.82, 2.24) is 14.2 Å². The molecule has 0 bridgehead atoms. The minimum absolute atomic E-state index is 0.335. The van der Waals surface area contributed by atoms with E-state index in [9.17, 15) is 4.79 Å². The number of imidazole rings is 1. The number of aryl methyl sites for hydroxylation is 2. The number of aromatic nitrogens is 3. The van der Waals surface area contributed by atoms with Crippen LogP contribution < -0.4 is 0 Å². The molecule has 3 rings (SSSR count). The van der Waals surface area contributed by atoms with Crippen LogP contribution in [0.3, 0.4) is 0 Å². The van der Waals surface area contributed by atoms with Gasteiger partial charge in [-0.3, -0.25) is 0 Å². The van der Waals surface area contributed by atoms with Gasteiger partial charge in [-0.25, -0.2) is 9.31 Å². The minimum atomic E-state index is -0.335. The summed E-state index contributed by atoms with van der Waals surface area (Å²) in [5, 5.41) is 4.54. The number of hydrogen-bond donors (Lipinski definition) is 0. The molecule has 0 atom stereocenters. The second-order valence-electron chi connectivity index (χ2n) is 4.45. The molecule has 0 aliphatic heterocycles. The van der Waals surface area contributed by atoms with Crippen LogP contribution >= 0.6 is 0 Å². The third-order valence-electron chi connectivity index (χ3n) is 3.45. The molecule has 0 aliphatic carbocycles. The normalized spacial score (nSPS) is 11.3. The highest BCUT2D eigenvalue weighted by Gasteiger charge is 2.23. The molecule has 0 amide bonds. The Hall–Kier alpha value is -2.30. The second-order valence-corrected chi connectivity index (χ2v) is 4.45. The van der Waals surface area contributed by atoms with Gasteiger partial charge in [-0.2, -0.15) is 5.10 Å². The number of hydrogen-bond acceptors (Lipinski definition) is 3. The smallest absolute Gasteiger partial charge is 0.343 e. The van der Waals surface area contributed by atoms with Crippen molar-refractivity contribution >= 4 is 22.6 Å². The molecule has 0 aliphatic rings. The molecule has 0 unspecified atom stereocenters. The second kappa shape index (κ2) is 4.12. The third-order valence-corrected chi connectivity index (χ3v) is 3.45. The summed E-state index contributed by atoms with van der Waals surface area (Å²) < 4.78 is 8.69. The van der Waals surface area contributed by atoms with E-state index in [0.717, 1.165) is 22.4 Å². The number of rotatable bonds is 2. The Morgan fingerprint density at radius 2 is 2.00 bits per heavy atom. The predicted molar refractivity (Wildman–Crippen MR) is 72.4 cm³/mol. The van der Waals surface area contributed by atoms with E-state index in [4.69, 9.17) is 4.74 Å². The van der Waals surface area contributed by atoms with Crippen LogP contribution in [0.15, 0.2) is 24.3 Å². The van der Waals surface area contributed by atoms with Gasteiger partial charge in [0, 0.05) is 7.05 Å². The van der Waals surface area contributed by atoms with Crippen LogP contribution in [0.5, 0.6) is 0 Å². The summed E-state index contributed by atoms with van der Waals surface area (Å²) in [6, 6.07) is 7.94. The van der Waals surface area contributed by atoms with Gasteiger partial charge in [0.1, 0.15) is 5.56 Å². The Bertz CT molecular complexity index is 783. The fraction of sp³-hybridized carbons (Fsp3) is 0.286. The van der Waals surface area contributed by atoms with Gasteiger partial charge in [0.15, 0.2) is 5.65 Å². The number of benzene rings is 1.